The molecule has 3 aromatic heterocycles. The molecule has 4 rings (SSSR count). The third kappa shape index (κ3) is 3.56. The van der Waals surface area contributed by atoms with Crippen molar-refractivity contribution in [2.75, 3.05) is 30.5 Å². The van der Waals surface area contributed by atoms with Gasteiger partial charge in [0.25, 0.3) is 0 Å². The molecular weight excluding hydrogens is 403 g/mol. The minimum absolute atomic E-state index is 0.0160. The summed E-state index contributed by atoms with van der Waals surface area (Å²) in [5, 5.41) is 7.69. The van der Waals surface area contributed by atoms with E-state index in [0.717, 1.165) is 10.5 Å². The van der Waals surface area contributed by atoms with Crippen molar-refractivity contribution in [1.82, 2.24) is 25.1 Å². The smallest absolute Gasteiger partial charge is 0.413 e. The van der Waals surface area contributed by atoms with Gasteiger partial charge in [-0.2, -0.15) is 5.10 Å². The normalized spacial score (nSPS) is 10.9. The molecule has 0 aliphatic rings. The highest BCUT2D eigenvalue weighted by atomic mass is 19.1. The molecule has 0 bridgehead atoms. The average molecular weight is 422 g/mol. The van der Waals surface area contributed by atoms with E-state index in [4.69, 9.17) is 11.5 Å². The van der Waals surface area contributed by atoms with Crippen molar-refractivity contribution in [1.29, 1.82) is 0 Å². The van der Waals surface area contributed by atoms with Crippen LogP contribution in [-0.2, 0) is 11.2 Å². The summed E-state index contributed by atoms with van der Waals surface area (Å²) < 4.78 is 18.9. The van der Waals surface area contributed by atoms with Gasteiger partial charge in [-0.25, -0.2) is 24.1 Å². The van der Waals surface area contributed by atoms with Crippen molar-refractivity contribution < 1.29 is 13.9 Å². The van der Waals surface area contributed by atoms with Gasteiger partial charge < -0.3 is 16.2 Å². The third-order valence-corrected chi connectivity index (χ3v) is 4.83. The Kier molecular flexibility index (Phi) is 5.07. The fourth-order valence-electron chi connectivity index (χ4n) is 3.34. The Bertz CT molecular complexity index is 1270. The van der Waals surface area contributed by atoms with Crippen LogP contribution in [0.5, 0.6) is 0 Å². The molecule has 11 heteroatoms. The molecule has 1 aromatic carbocycles. The summed E-state index contributed by atoms with van der Waals surface area (Å²) >= 11 is 0. The van der Waals surface area contributed by atoms with Crippen molar-refractivity contribution in [3.05, 3.63) is 53.5 Å². The van der Waals surface area contributed by atoms with Crippen molar-refractivity contribution in [2.24, 2.45) is 0 Å². The van der Waals surface area contributed by atoms with Crippen LogP contribution in [0, 0.1) is 5.82 Å². The molecule has 3 heterocycles. The third-order valence-electron chi connectivity index (χ3n) is 4.83. The van der Waals surface area contributed by atoms with Crippen LogP contribution >= 0.6 is 0 Å². The highest BCUT2D eigenvalue weighted by molar-refractivity contribution is 5.96. The number of amides is 1. The molecule has 0 saturated carbocycles. The van der Waals surface area contributed by atoms with E-state index < -0.39 is 6.09 Å². The zero-order chi connectivity index (χ0) is 22.1. The van der Waals surface area contributed by atoms with Crippen molar-refractivity contribution >= 4 is 34.4 Å². The Labute approximate surface area is 176 Å². The predicted octanol–water partition coefficient (Wildman–Crippen LogP) is 2.51. The van der Waals surface area contributed by atoms with Crippen LogP contribution in [0.15, 0.2) is 36.5 Å². The lowest BCUT2D eigenvalue weighted by Crippen LogP contribution is -2.28. The largest absolute Gasteiger partial charge is 0.452 e. The molecule has 0 radical (unpaired) electrons. The molecule has 0 aliphatic carbocycles. The van der Waals surface area contributed by atoms with Gasteiger partial charge in [0.05, 0.1) is 12.5 Å². The van der Waals surface area contributed by atoms with E-state index in [-0.39, 0.29) is 29.0 Å². The summed E-state index contributed by atoms with van der Waals surface area (Å²) in [5.74, 6) is -0.171. The molecule has 0 unspecified atom stereocenters. The first-order chi connectivity index (χ1) is 14.9. The maximum atomic E-state index is 14.2. The van der Waals surface area contributed by atoms with Crippen molar-refractivity contribution in [3.8, 4) is 11.5 Å². The van der Waals surface area contributed by atoms with Gasteiger partial charge in [0.2, 0.25) is 0 Å². The molecule has 5 N–H and O–H groups in total. The average Bonchev–Trinajstić information content (AvgIpc) is 3.19. The number of rotatable bonds is 4. The number of hydrogen-bond donors (Lipinski definition) is 3. The lowest BCUT2D eigenvalue weighted by molar-refractivity contribution is 0.180. The maximum absolute atomic E-state index is 14.2. The van der Waals surface area contributed by atoms with E-state index >= 15 is 0 Å². The molecule has 0 aliphatic heterocycles. The lowest BCUT2D eigenvalue weighted by atomic mass is 10.0. The summed E-state index contributed by atoms with van der Waals surface area (Å²) in [6.45, 7) is 0. The van der Waals surface area contributed by atoms with Crippen molar-refractivity contribution in [2.45, 2.75) is 6.42 Å². The van der Waals surface area contributed by atoms with Crippen LogP contribution in [0.4, 0.5) is 26.5 Å². The Morgan fingerprint density at radius 3 is 2.55 bits per heavy atom. The Morgan fingerprint density at radius 2 is 1.87 bits per heavy atom. The number of halogens is 1. The van der Waals surface area contributed by atoms with Crippen LogP contribution in [0.25, 0.3) is 22.6 Å². The summed E-state index contributed by atoms with van der Waals surface area (Å²) in [4.78, 5) is 25.8. The van der Waals surface area contributed by atoms with E-state index in [1.165, 1.54) is 20.2 Å². The number of carbonyl (C=O) groups is 1. The number of pyridine rings is 1. The quantitative estimate of drug-likeness (QED) is 0.454. The van der Waals surface area contributed by atoms with Gasteiger partial charge in [-0.1, -0.05) is 18.2 Å². The highest BCUT2D eigenvalue weighted by Crippen LogP contribution is 2.33. The zero-order valence-corrected chi connectivity index (χ0v) is 16.8. The Hall–Kier alpha value is -4.28. The fourth-order valence-corrected chi connectivity index (χ4v) is 3.34. The number of ether oxygens (including phenoxy) is 1. The number of nitrogens with two attached hydrogens (primary N) is 2. The minimum Gasteiger partial charge on any atom is -0.452 e. The number of methoxy groups -OCH3 is 1. The van der Waals surface area contributed by atoms with Gasteiger partial charge in [0, 0.05) is 19.7 Å². The van der Waals surface area contributed by atoms with E-state index in [1.807, 2.05) is 0 Å². The molecule has 0 saturated heterocycles. The number of nitrogens with zero attached hydrogens (tertiary/aromatic N) is 5. The van der Waals surface area contributed by atoms with E-state index in [1.54, 1.807) is 30.5 Å². The van der Waals surface area contributed by atoms with Crippen LogP contribution in [-0.4, -0.2) is 45.4 Å². The Balaban J connectivity index is 1.82. The number of anilines is 3. The molecule has 0 spiro atoms. The van der Waals surface area contributed by atoms with E-state index in [9.17, 15) is 9.18 Å². The first-order valence-electron chi connectivity index (χ1n) is 9.21. The molecule has 31 heavy (non-hydrogen) atoms. The predicted molar refractivity (Wildman–Crippen MR) is 114 cm³/mol. The van der Waals surface area contributed by atoms with E-state index in [2.05, 4.69) is 29.9 Å². The number of aromatic nitrogens is 5. The van der Waals surface area contributed by atoms with Crippen LogP contribution in [0.2, 0.25) is 0 Å². The molecule has 4 aromatic rings. The van der Waals surface area contributed by atoms with Crippen molar-refractivity contribution in [3.63, 3.8) is 0 Å². The number of hydrogen-bond acceptors (Lipinski definition) is 8. The number of fused-ring (bicyclic) bond motifs is 1. The number of carbonyl (C=O) groups excluding carboxylic acids is 1. The summed E-state index contributed by atoms with van der Waals surface area (Å²) in [5.41, 5.74) is 14.4. The summed E-state index contributed by atoms with van der Waals surface area (Å²) in [6, 6.07) is 8.31. The maximum Gasteiger partial charge on any atom is 0.413 e. The number of H-pyrrole nitrogens is 1. The van der Waals surface area contributed by atoms with Gasteiger partial charge in [0.1, 0.15) is 17.2 Å². The standard InChI is InChI=1S/C20H19FN8O2/c1-29(20(30)31-2)15-16(22)25-19(26-17(15)23)14-13-11(7-8-24-18(13)28-27-14)9-10-5-3-4-6-12(10)21/h3-8H,9H2,1-2H3,(H,24,27,28)(H4,22,23,25,26). The summed E-state index contributed by atoms with van der Waals surface area (Å²) in [6.07, 6.45) is 1.24. The molecule has 1 amide bonds. The first-order valence-corrected chi connectivity index (χ1v) is 9.21. The zero-order valence-electron chi connectivity index (χ0n) is 16.8. The lowest BCUT2D eigenvalue weighted by Gasteiger charge is -2.18. The number of benzene rings is 1. The second kappa shape index (κ2) is 7.86. The SMILES string of the molecule is COC(=O)N(C)c1c(N)nc(-c2[nH]nc3nccc(Cc4ccccc4F)c23)nc1N. The number of nitrogen functional groups attached to an aromatic ring is 2. The topological polar surface area (TPSA) is 149 Å². The number of nitrogens with one attached hydrogen (secondary N) is 1. The molecular formula is C20H19FN8O2. The first kappa shape index (κ1) is 20.0. The van der Waals surface area contributed by atoms with Gasteiger partial charge in [-0.15, -0.1) is 0 Å². The van der Waals surface area contributed by atoms with E-state index in [0.29, 0.717) is 28.7 Å². The summed E-state index contributed by atoms with van der Waals surface area (Å²) in [7, 11) is 2.68. The van der Waals surface area contributed by atoms with Gasteiger partial charge in [0.15, 0.2) is 23.1 Å². The molecule has 10 nitrogen and oxygen atoms in total. The fraction of sp³-hybridized carbons (Fsp3) is 0.150. The van der Waals surface area contributed by atoms with Crippen LogP contribution in [0.1, 0.15) is 11.1 Å². The van der Waals surface area contributed by atoms with Crippen LogP contribution in [0.3, 0.4) is 0 Å². The monoisotopic (exact) mass is 422 g/mol. The molecule has 0 fully saturated rings. The minimum atomic E-state index is -0.668. The molecule has 158 valence electrons. The van der Waals surface area contributed by atoms with Gasteiger partial charge >= 0.3 is 6.09 Å². The second-order valence-electron chi connectivity index (χ2n) is 6.73. The number of aromatic amines is 1. The molecule has 0 atom stereocenters. The van der Waals surface area contributed by atoms with Gasteiger partial charge in [-0.3, -0.25) is 10.00 Å². The van der Waals surface area contributed by atoms with Crippen LogP contribution < -0.4 is 16.4 Å². The Morgan fingerprint density at radius 1 is 1.16 bits per heavy atom. The second-order valence-corrected chi connectivity index (χ2v) is 6.73. The van der Waals surface area contributed by atoms with Gasteiger partial charge in [-0.05, 0) is 23.3 Å². The highest BCUT2D eigenvalue weighted by Gasteiger charge is 2.23.